The van der Waals surface area contributed by atoms with E-state index in [9.17, 15) is 8.42 Å². The van der Waals surface area contributed by atoms with Crippen LogP contribution in [0.5, 0.6) is 0 Å². The molecule has 0 saturated carbocycles. The zero-order valence-electron chi connectivity index (χ0n) is 15.0. The molecule has 146 valence electrons. The van der Waals surface area contributed by atoms with Crippen molar-refractivity contribution >= 4 is 33.1 Å². The quantitative estimate of drug-likeness (QED) is 0.669. The third-order valence-corrected chi connectivity index (χ3v) is 6.02. The number of nitrogens with one attached hydrogen (secondary N) is 2. The third kappa shape index (κ3) is 5.29. The number of rotatable bonds is 7. The Kier molecular flexibility index (Phi) is 6.48. The molecule has 0 unspecified atom stereocenters. The lowest BCUT2D eigenvalue weighted by molar-refractivity contribution is 0.122. The Bertz CT molecular complexity index is 888. The van der Waals surface area contributed by atoms with E-state index in [0.29, 0.717) is 36.2 Å². The van der Waals surface area contributed by atoms with Crippen molar-refractivity contribution in [2.24, 2.45) is 0 Å². The molecule has 10 heteroatoms. The van der Waals surface area contributed by atoms with Gasteiger partial charge in [-0.2, -0.15) is 5.10 Å². The van der Waals surface area contributed by atoms with E-state index >= 15 is 0 Å². The van der Waals surface area contributed by atoms with Crippen LogP contribution in [0.15, 0.2) is 35.4 Å². The third-order valence-electron chi connectivity index (χ3n) is 4.18. The smallest absolute Gasteiger partial charge is 0.240 e. The summed E-state index contributed by atoms with van der Waals surface area (Å²) in [5.74, 6) is 0.595. The van der Waals surface area contributed by atoms with Crippen molar-refractivity contribution in [3.63, 3.8) is 0 Å². The first kappa shape index (κ1) is 19.8. The van der Waals surface area contributed by atoms with Crippen LogP contribution in [-0.4, -0.2) is 58.0 Å². The number of aryl methyl sites for hydroxylation is 1. The second-order valence-electron chi connectivity index (χ2n) is 6.13. The van der Waals surface area contributed by atoms with Crippen molar-refractivity contribution in [2.45, 2.75) is 11.8 Å². The van der Waals surface area contributed by atoms with Crippen LogP contribution in [0, 0.1) is 6.92 Å². The minimum Gasteiger partial charge on any atom is -0.378 e. The van der Waals surface area contributed by atoms with Crippen molar-refractivity contribution < 1.29 is 13.2 Å². The maximum absolute atomic E-state index is 12.4. The van der Waals surface area contributed by atoms with Gasteiger partial charge in [-0.25, -0.2) is 13.1 Å². The standard InChI is InChI=1S/C17H22ClN5O3S/c1-13-2-3-14(18)10-16(13)27(24,25)21-5-4-19-17-11-15(12-20-22-17)23-6-8-26-9-7-23/h2-3,10-12,21H,4-9H2,1H3,(H,19,22). The first-order chi connectivity index (χ1) is 13.0. The van der Waals surface area contributed by atoms with Gasteiger partial charge in [-0.1, -0.05) is 17.7 Å². The number of benzene rings is 1. The Morgan fingerprint density at radius 2 is 2.00 bits per heavy atom. The van der Waals surface area contributed by atoms with E-state index in [4.69, 9.17) is 16.3 Å². The Balaban J connectivity index is 1.55. The molecule has 1 fully saturated rings. The molecule has 0 bridgehead atoms. The summed E-state index contributed by atoms with van der Waals surface area (Å²) < 4.78 is 32.8. The molecule has 1 aliphatic heterocycles. The molecule has 2 aromatic rings. The number of hydrogen-bond donors (Lipinski definition) is 2. The largest absolute Gasteiger partial charge is 0.378 e. The lowest BCUT2D eigenvalue weighted by Crippen LogP contribution is -2.36. The number of morpholine rings is 1. The fourth-order valence-corrected chi connectivity index (χ4v) is 4.29. The molecule has 3 rings (SSSR count). The Hall–Kier alpha value is -1.94. The highest BCUT2D eigenvalue weighted by Gasteiger charge is 2.17. The van der Waals surface area contributed by atoms with Crippen LogP contribution in [0.4, 0.5) is 11.5 Å². The summed E-state index contributed by atoms with van der Waals surface area (Å²) in [6.45, 7) is 5.31. The lowest BCUT2D eigenvalue weighted by Gasteiger charge is -2.28. The first-order valence-electron chi connectivity index (χ1n) is 8.61. The Morgan fingerprint density at radius 3 is 2.78 bits per heavy atom. The monoisotopic (exact) mass is 411 g/mol. The van der Waals surface area contributed by atoms with Gasteiger partial charge in [0.1, 0.15) is 0 Å². The summed E-state index contributed by atoms with van der Waals surface area (Å²) >= 11 is 5.91. The predicted molar refractivity (Wildman–Crippen MR) is 105 cm³/mol. The molecule has 2 N–H and O–H groups in total. The molecule has 0 radical (unpaired) electrons. The van der Waals surface area contributed by atoms with Gasteiger partial charge in [0.05, 0.1) is 30.0 Å². The highest BCUT2D eigenvalue weighted by Crippen LogP contribution is 2.20. The summed E-state index contributed by atoms with van der Waals surface area (Å²) in [5.41, 5.74) is 1.61. The van der Waals surface area contributed by atoms with Gasteiger partial charge in [-0.15, -0.1) is 5.10 Å². The number of ether oxygens (including phenoxy) is 1. The number of halogens is 1. The summed E-state index contributed by atoms with van der Waals surface area (Å²) in [6, 6.07) is 6.69. The zero-order chi connectivity index (χ0) is 19.3. The van der Waals surface area contributed by atoms with E-state index in [1.165, 1.54) is 6.07 Å². The first-order valence-corrected chi connectivity index (χ1v) is 10.5. The van der Waals surface area contributed by atoms with Gasteiger partial charge >= 0.3 is 0 Å². The average Bonchev–Trinajstić information content (AvgIpc) is 2.68. The summed E-state index contributed by atoms with van der Waals surface area (Å²) in [5, 5.41) is 11.5. The summed E-state index contributed by atoms with van der Waals surface area (Å²) in [4.78, 5) is 2.36. The molecular weight excluding hydrogens is 390 g/mol. The molecule has 1 aromatic heterocycles. The maximum Gasteiger partial charge on any atom is 0.240 e. The van der Waals surface area contributed by atoms with Gasteiger partial charge in [-0.05, 0) is 24.6 Å². The molecule has 2 heterocycles. The fourth-order valence-electron chi connectivity index (χ4n) is 2.75. The highest BCUT2D eigenvalue weighted by atomic mass is 35.5. The van der Waals surface area contributed by atoms with Crippen molar-refractivity contribution in [3.8, 4) is 0 Å². The Labute approximate surface area is 163 Å². The van der Waals surface area contributed by atoms with E-state index in [0.717, 1.165) is 18.8 Å². The van der Waals surface area contributed by atoms with E-state index in [1.54, 1.807) is 25.3 Å². The van der Waals surface area contributed by atoms with Gasteiger partial charge in [0.15, 0.2) is 5.82 Å². The van der Waals surface area contributed by atoms with Crippen molar-refractivity contribution in [1.29, 1.82) is 0 Å². The molecule has 27 heavy (non-hydrogen) atoms. The second kappa shape index (κ2) is 8.83. The van der Waals surface area contributed by atoms with Crippen molar-refractivity contribution in [3.05, 3.63) is 41.0 Å². The van der Waals surface area contributed by atoms with E-state index < -0.39 is 10.0 Å². The van der Waals surface area contributed by atoms with Gasteiger partial charge in [-0.3, -0.25) is 0 Å². The van der Waals surface area contributed by atoms with Crippen LogP contribution in [0.3, 0.4) is 0 Å². The van der Waals surface area contributed by atoms with Gasteiger partial charge in [0, 0.05) is 37.3 Å². The average molecular weight is 412 g/mol. The van der Waals surface area contributed by atoms with Crippen molar-refractivity contribution in [2.75, 3.05) is 49.6 Å². The molecular formula is C17H22ClN5O3S. The number of anilines is 2. The SMILES string of the molecule is Cc1ccc(Cl)cc1S(=O)(=O)NCCNc1cc(N2CCOCC2)cnn1. The predicted octanol–water partition coefficient (Wildman–Crippen LogP) is 1.67. The van der Waals surface area contributed by atoms with Crippen LogP contribution < -0.4 is 14.9 Å². The summed E-state index contributed by atoms with van der Waals surface area (Å²) in [7, 11) is -3.63. The normalized spacial score (nSPS) is 15.0. The van der Waals surface area contributed by atoms with Crippen LogP contribution in [0.2, 0.25) is 5.02 Å². The van der Waals surface area contributed by atoms with Crippen LogP contribution in [-0.2, 0) is 14.8 Å². The Morgan fingerprint density at radius 1 is 1.22 bits per heavy atom. The number of aromatic nitrogens is 2. The van der Waals surface area contributed by atoms with Crippen molar-refractivity contribution in [1.82, 2.24) is 14.9 Å². The van der Waals surface area contributed by atoms with Gasteiger partial charge in [0.25, 0.3) is 0 Å². The molecule has 8 nitrogen and oxygen atoms in total. The fraction of sp³-hybridized carbons (Fsp3) is 0.412. The number of nitrogens with zero attached hydrogens (tertiary/aromatic N) is 3. The molecule has 0 spiro atoms. The highest BCUT2D eigenvalue weighted by molar-refractivity contribution is 7.89. The lowest BCUT2D eigenvalue weighted by atomic mass is 10.2. The minimum absolute atomic E-state index is 0.184. The van der Waals surface area contributed by atoms with Crippen LogP contribution >= 0.6 is 11.6 Å². The van der Waals surface area contributed by atoms with E-state index in [-0.39, 0.29) is 11.4 Å². The molecule has 1 aliphatic rings. The maximum atomic E-state index is 12.4. The van der Waals surface area contributed by atoms with Gasteiger partial charge < -0.3 is 15.0 Å². The molecule has 0 aliphatic carbocycles. The molecule has 1 saturated heterocycles. The number of hydrogen-bond acceptors (Lipinski definition) is 7. The molecule has 0 amide bonds. The van der Waals surface area contributed by atoms with Gasteiger partial charge in [0.2, 0.25) is 10.0 Å². The van der Waals surface area contributed by atoms with Crippen LogP contribution in [0.25, 0.3) is 0 Å². The number of sulfonamides is 1. The van der Waals surface area contributed by atoms with E-state index in [1.807, 2.05) is 6.07 Å². The molecule has 0 atom stereocenters. The molecule has 1 aromatic carbocycles. The zero-order valence-corrected chi connectivity index (χ0v) is 16.6. The second-order valence-corrected chi connectivity index (χ2v) is 8.30. The van der Waals surface area contributed by atoms with E-state index in [2.05, 4.69) is 25.1 Å². The van der Waals surface area contributed by atoms with Crippen LogP contribution in [0.1, 0.15) is 5.56 Å². The topological polar surface area (TPSA) is 96.5 Å². The minimum atomic E-state index is -3.63. The summed E-state index contributed by atoms with van der Waals surface area (Å²) in [6.07, 6.45) is 1.71.